The van der Waals surface area contributed by atoms with Gasteiger partial charge in [0.15, 0.2) is 11.5 Å². The van der Waals surface area contributed by atoms with Gasteiger partial charge in [0.05, 0.1) is 45.7 Å². The molecule has 37 heavy (non-hydrogen) atoms. The molecule has 0 unspecified atom stereocenters. The minimum Gasteiger partial charge on any atom is -0.383 e. The van der Waals surface area contributed by atoms with E-state index < -0.39 is 23.3 Å². The molecule has 0 spiro atoms. The number of aromatic nitrogens is 7. The van der Waals surface area contributed by atoms with E-state index in [4.69, 9.17) is 17.3 Å². The van der Waals surface area contributed by atoms with Crippen molar-refractivity contribution >= 4 is 39.8 Å². The Hall–Kier alpha value is -4.52. The Kier molecular flexibility index (Phi) is 5.79. The van der Waals surface area contributed by atoms with Gasteiger partial charge >= 0.3 is 6.18 Å². The van der Waals surface area contributed by atoms with Crippen LogP contribution in [0.3, 0.4) is 0 Å². The minimum atomic E-state index is -4.91. The van der Waals surface area contributed by atoms with Crippen LogP contribution in [0.25, 0.3) is 22.3 Å². The normalized spacial score (nSPS) is 11.7. The molecular weight excluding hydrogens is 511 g/mol. The molecule has 0 aliphatic heterocycles. The van der Waals surface area contributed by atoms with Gasteiger partial charge in [-0.05, 0) is 19.9 Å². The van der Waals surface area contributed by atoms with Gasteiger partial charge < -0.3 is 11.1 Å². The maximum Gasteiger partial charge on any atom is 0.435 e. The largest absolute Gasteiger partial charge is 0.435 e. The quantitative estimate of drug-likeness (QED) is 0.351. The number of anilines is 2. The first kappa shape index (κ1) is 24.2. The zero-order valence-corrected chi connectivity index (χ0v) is 20.0. The molecule has 0 saturated carbocycles. The van der Waals surface area contributed by atoms with Crippen LogP contribution >= 0.6 is 11.6 Å². The maximum atomic E-state index is 13.9. The highest BCUT2D eigenvalue weighted by Gasteiger charge is 2.39. The summed E-state index contributed by atoms with van der Waals surface area (Å²) in [6.45, 7) is 3.30. The molecule has 14 heteroatoms. The van der Waals surface area contributed by atoms with E-state index in [1.807, 2.05) is 0 Å². The van der Waals surface area contributed by atoms with Crippen LogP contribution in [0.15, 0.2) is 48.9 Å². The van der Waals surface area contributed by atoms with Crippen LogP contribution in [0.1, 0.15) is 27.4 Å². The number of carbonyl (C=O) groups excluding carboxylic acids is 1. The lowest BCUT2D eigenvalue weighted by Crippen LogP contribution is -2.19. The summed E-state index contributed by atoms with van der Waals surface area (Å²) in [7, 11) is 0. The summed E-state index contributed by atoms with van der Waals surface area (Å²) >= 11 is 6.30. The highest BCUT2D eigenvalue weighted by Crippen LogP contribution is 2.34. The minimum absolute atomic E-state index is 0.0858. The van der Waals surface area contributed by atoms with Crippen molar-refractivity contribution in [2.75, 3.05) is 11.1 Å². The number of benzene rings is 1. The summed E-state index contributed by atoms with van der Waals surface area (Å²) in [6.07, 6.45) is -1.11. The predicted octanol–water partition coefficient (Wildman–Crippen LogP) is 4.52. The van der Waals surface area contributed by atoms with Gasteiger partial charge in [-0.1, -0.05) is 35.9 Å². The number of pyridine rings is 2. The molecule has 1 amide bonds. The summed E-state index contributed by atoms with van der Waals surface area (Å²) in [6, 6.07) is 8.16. The molecule has 4 heterocycles. The van der Waals surface area contributed by atoms with Gasteiger partial charge in [0.25, 0.3) is 5.91 Å². The van der Waals surface area contributed by atoms with Crippen molar-refractivity contribution in [2.24, 2.45) is 0 Å². The standard InChI is InChI=1S/C23H17ClF3N9O/c1-11-8-30-36(33-11)21-16(24)7-17(12(2)31-21)32-22(37)15-10-35(34-19(15)23(25,26)27)18-9-29-20(28)14-6-4-3-5-13(14)18/h3-10H,1-2H3,(H2,28,29)(H,32,37). The van der Waals surface area contributed by atoms with Crippen molar-refractivity contribution < 1.29 is 18.0 Å². The van der Waals surface area contributed by atoms with Crippen LogP contribution < -0.4 is 11.1 Å². The number of hydrogen-bond donors (Lipinski definition) is 2. The molecule has 10 nitrogen and oxygen atoms in total. The van der Waals surface area contributed by atoms with E-state index in [-0.39, 0.29) is 33.7 Å². The molecule has 3 N–H and O–H groups in total. The number of fused-ring (bicyclic) bond motifs is 1. The summed E-state index contributed by atoms with van der Waals surface area (Å²) in [5.41, 5.74) is 5.10. The lowest BCUT2D eigenvalue weighted by atomic mass is 10.1. The van der Waals surface area contributed by atoms with Crippen molar-refractivity contribution in [1.29, 1.82) is 0 Å². The topological polar surface area (TPSA) is 129 Å². The Balaban J connectivity index is 1.54. The van der Waals surface area contributed by atoms with Gasteiger partial charge in [0.2, 0.25) is 0 Å². The van der Waals surface area contributed by atoms with E-state index in [1.165, 1.54) is 23.3 Å². The molecule has 0 atom stereocenters. The lowest BCUT2D eigenvalue weighted by molar-refractivity contribution is -0.141. The number of rotatable bonds is 4. The fraction of sp³-hybridized carbons (Fsp3) is 0.130. The number of nitrogens with one attached hydrogen (secondary N) is 1. The molecule has 0 aliphatic carbocycles. The van der Waals surface area contributed by atoms with Gasteiger partial charge in [-0.25, -0.2) is 14.6 Å². The summed E-state index contributed by atoms with van der Waals surface area (Å²) in [5.74, 6) is -0.630. The SMILES string of the molecule is Cc1cnn(-c2nc(C)c(NC(=O)c3cn(-c4cnc(N)c5ccccc45)nc3C(F)(F)F)cc2Cl)n1. The van der Waals surface area contributed by atoms with Gasteiger partial charge in [-0.2, -0.15) is 28.5 Å². The number of nitrogens with two attached hydrogens (primary N) is 1. The van der Waals surface area contributed by atoms with Gasteiger partial charge in [0, 0.05) is 17.0 Å². The van der Waals surface area contributed by atoms with E-state index in [2.05, 4.69) is 30.6 Å². The third kappa shape index (κ3) is 4.44. The lowest BCUT2D eigenvalue weighted by Gasteiger charge is -2.11. The van der Waals surface area contributed by atoms with Crippen molar-refractivity contribution in [3.8, 4) is 11.5 Å². The highest BCUT2D eigenvalue weighted by atomic mass is 35.5. The number of hydrogen-bond acceptors (Lipinski definition) is 7. The fourth-order valence-electron chi connectivity index (χ4n) is 3.72. The molecule has 0 aliphatic rings. The number of alkyl halides is 3. The second kappa shape index (κ2) is 8.85. The van der Waals surface area contributed by atoms with Gasteiger partial charge in [0.1, 0.15) is 5.82 Å². The number of carbonyl (C=O) groups is 1. The average molecular weight is 528 g/mol. The molecule has 5 aromatic rings. The van der Waals surface area contributed by atoms with Crippen molar-refractivity contribution in [2.45, 2.75) is 20.0 Å². The molecule has 4 aromatic heterocycles. The van der Waals surface area contributed by atoms with E-state index in [0.29, 0.717) is 16.5 Å². The second-order valence-electron chi connectivity index (χ2n) is 8.06. The Bertz CT molecular complexity index is 1680. The van der Waals surface area contributed by atoms with Crippen molar-refractivity contribution in [1.82, 2.24) is 34.7 Å². The predicted molar refractivity (Wildman–Crippen MR) is 130 cm³/mol. The van der Waals surface area contributed by atoms with E-state index in [9.17, 15) is 18.0 Å². The second-order valence-corrected chi connectivity index (χ2v) is 8.47. The molecule has 5 rings (SSSR count). The molecule has 0 bridgehead atoms. The molecule has 0 saturated heterocycles. The van der Waals surface area contributed by atoms with E-state index >= 15 is 0 Å². The van der Waals surface area contributed by atoms with Crippen LogP contribution in [0.2, 0.25) is 5.02 Å². The fourth-order valence-corrected chi connectivity index (χ4v) is 3.95. The number of nitrogen functional groups attached to an aromatic ring is 1. The maximum absolute atomic E-state index is 13.9. The molecule has 0 radical (unpaired) electrons. The number of halogens is 4. The van der Waals surface area contributed by atoms with Crippen LogP contribution in [0.4, 0.5) is 24.7 Å². The van der Waals surface area contributed by atoms with Crippen LogP contribution in [-0.2, 0) is 6.18 Å². The van der Waals surface area contributed by atoms with Gasteiger partial charge in [-0.15, -0.1) is 4.80 Å². The zero-order valence-electron chi connectivity index (χ0n) is 19.2. The Morgan fingerprint density at radius 1 is 1.11 bits per heavy atom. The van der Waals surface area contributed by atoms with Crippen molar-refractivity contribution in [3.63, 3.8) is 0 Å². The first-order valence-electron chi connectivity index (χ1n) is 10.7. The smallest absolute Gasteiger partial charge is 0.383 e. The monoisotopic (exact) mass is 527 g/mol. The number of amides is 1. The molecule has 0 fully saturated rings. The molecule has 188 valence electrons. The molecule has 1 aromatic carbocycles. The van der Waals surface area contributed by atoms with E-state index in [0.717, 1.165) is 10.9 Å². The van der Waals surface area contributed by atoms with Crippen LogP contribution in [0, 0.1) is 13.8 Å². The third-order valence-electron chi connectivity index (χ3n) is 5.47. The average Bonchev–Trinajstić information content (AvgIpc) is 3.48. The molecular formula is C23H17ClF3N9O. The first-order valence-corrected chi connectivity index (χ1v) is 11.1. The number of nitrogens with zero attached hydrogens (tertiary/aromatic N) is 7. The zero-order chi connectivity index (χ0) is 26.5. The van der Waals surface area contributed by atoms with Crippen molar-refractivity contribution in [3.05, 3.63) is 76.6 Å². The Morgan fingerprint density at radius 3 is 2.51 bits per heavy atom. The number of aryl methyl sites for hydroxylation is 2. The summed E-state index contributed by atoms with van der Waals surface area (Å²) in [4.78, 5) is 22.6. The Labute approximate surface area is 211 Å². The van der Waals surface area contributed by atoms with Gasteiger partial charge in [-0.3, -0.25) is 4.79 Å². The van der Waals surface area contributed by atoms with Crippen LogP contribution in [0.5, 0.6) is 0 Å². The van der Waals surface area contributed by atoms with E-state index in [1.54, 1.807) is 38.1 Å². The summed E-state index contributed by atoms with van der Waals surface area (Å²) in [5, 5.41) is 15.5. The Morgan fingerprint density at radius 2 is 1.84 bits per heavy atom. The summed E-state index contributed by atoms with van der Waals surface area (Å²) < 4.78 is 42.7. The highest BCUT2D eigenvalue weighted by molar-refractivity contribution is 6.32. The van der Waals surface area contributed by atoms with Crippen LogP contribution in [-0.4, -0.2) is 40.6 Å². The third-order valence-corrected chi connectivity index (χ3v) is 5.75. The first-order chi connectivity index (χ1) is 17.5.